The van der Waals surface area contributed by atoms with Gasteiger partial charge in [-0.05, 0) is 30.3 Å². The van der Waals surface area contributed by atoms with Gasteiger partial charge in [-0.25, -0.2) is 0 Å². The van der Waals surface area contributed by atoms with Crippen LogP contribution in [-0.2, 0) is 6.54 Å². The van der Waals surface area contributed by atoms with E-state index in [4.69, 9.17) is 4.74 Å². The van der Waals surface area contributed by atoms with E-state index >= 15 is 0 Å². The Morgan fingerprint density at radius 2 is 1.91 bits per heavy atom. The molecule has 2 rings (SSSR count). The van der Waals surface area contributed by atoms with E-state index in [9.17, 15) is 10.1 Å². The van der Waals surface area contributed by atoms with Crippen LogP contribution in [0.3, 0.4) is 0 Å². The zero-order chi connectivity index (χ0) is 16.7. The first kappa shape index (κ1) is 17.2. The van der Waals surface area contributed by atoms with Crippen molar-refractivity contribution < 1.29 is 9.66 Å². The molecule has 0 atom stereocenters. The second kappa shape index (κ2) is 8.50. The number of anilines is 1. The third-order valence-corrected chi connectivity index (χ3v) is 3.76. The minimum Gasteiger partial charge on any atom is -0.496 e. The van der Waals surface area contributed by atoms with Gasteiger partial charge in [0.15, 0.2) is 0 Å². The number of non-ortho nitro benzene ring substituents is 1. The van der Waals surface area contributed by atoms with Crippen LogP contribution in [0.4, 0.5) is 11.4 Å². The molecule has 0 amide bonds. The molecule has 0 bridgehead atoms. The molecule has 0 aliphatic carbocycles. The van der Waals surface area contributed by atoms with E-state index in [2.05, 4.69) is 26.6 Å². The summed E-state index contributed by atoms with van der Waals surface area (Å²) in [5.74, 6) is 0.851. The largest absolute Gasteiger partial charge is 0.496 e. The van der Waals surface area contributed by atoms with Gasteiger partial charge >= 0.3 is 0 Å². The third-order valence-electron chi connectivity index (χ3n) is 3.27. The number of hydrogen-bond acceptors (Lipinski definition) is 5. The highest BCUT2D eigenvalue weighted by Gasteiger charge is 2.04. The Kier molecular flexibility index (Phi) is 6.37. The molecule has 2 aromatic carbocycles. The number of benzene rings is 2. The number of ether oxygens (including phenoxy) is 1. The lowest BCUT2D eigenvalue weighted by atomic mass is 10.2. The van der Waals surface area contributed by atoms with Crippen molar-refractivity contribution in [1.82, 2.24) is 5.32 Å². The molecule has 122 valence electrons. The van der Waals surface area contributed by atoms with E-state index < -0.39 is 4.92 Å². The van der Waals surface area contributed by atoms with Crippen molar-refractivity contribution in [3.8, 4) is 5.75 Å². The molecular weight excluding hydrogens is 362 g/mol. The van der Waals surface area contributed by atoms with E-state index in [-0.39, 0.29) is 5.69 Å². The second-order valence-electron chi connectivity index (χ2n) is 4.86. The number of hydrogen-bond donors (Lipinski definition) is 2. The van der Waals surface area contributed by atoms with Crippen LogP contribution in [0.25, 0.3) is 0 Å². The number of nitro benzene ring substituents is 1. The quantitative estimate of drug-likeness (QED) is 0.416. The number of rotatable bonds is 8. The van der Waals surface area contributed by atoms with Crippen LogP contribution in [0.5, 0.6) is 5.75 Å². The van der Waals surface area contributed by atoms with E-state index in [1.165, 1.54) is 12.1 Å². The summed E-state index contributed by atoms with van der Waals surface area (Å²) in [6.45, 7) is 2.17. The Hall–Kier alpha value is -2.12. The fraction of sp³-hybridized carbons (Fsp3) is 0.250. The van der Waals surface area contributed by atoms with Crippen molar-refractivity contribution in [3.05, 3.63) is 62.6 Å². The van der Waals surface area contributed by atoms with Crippen LogP contribution in [-0.4, -0.2) is 25.1 Å². The van der Waals surface area contributed by atoms with E-state index in [0.29, 0.717) is 13.1 Å². The molecule has 0 aliphatic rings. The first-order valence-corrected chi connectivity index (χ1v) is 7.91. The lowest BCUT2D eigenvalue weighted by Crippen LogP contribution is -2.22. The summed E-state index contributed by atoms with van der Waals surface area (Å²) in [4.78, 5) is 10.2. The van der Waals surface area contributed by atoms with Crippen molar-refractivity contribution in [3.63, 3.8) is 0 Å². The van der Waals surface area contributed by atoms with Crippen LogP contribution < -0.4 is 15.4 Å². The van der Waals surface area contributed by atoms with Crippen molar-refractivity contribution in [2.24, 2.45) is 0 Å². The molecule has 0 unspecified atom stereocenters. The number of halogens is 1. The predicted molar refractivity (Wildman–Crippen MR) is 94.0 cm³/mol. The molecule has 23 heavy (non-hydrogen) atoms. The molecule has 0 radical (unpaired) electrons. The number of nitro groups is 1. The molecule has 0 aliphatic heterocycles. The normalized spacial score (nSPS) is 10.3. The summed E-state index contributed by atoms with van der Waals surface area (Å²) < 4.78 is 6.34. The van der Waals surface area contributed by atoms with Gasteiger partial charge in [-0.3, -0.25) is 10.1 Å². The highest BCUT2D eigenvalue weighted by atomic mass is 79.9. The van der Waals surface area contributed by atoms with E-state index in [1.54, 1.807) is 19.2 Å². The maximum Gasteiger partial charge on any atom is 0.269 e. The number of methoxy groups -OCH3 is 1. The maximum atomic E-state index is 10.6. The van der Waals surface area contributed by atoms with Gasteiger partial charge in [-0.1, -0.05) is 15.9 Å². The first-order valence-electron chi connectivity index (χ1n) is 7.11. The highest BCUT2D eigenvalue weighted by molar-refractivity contribution is 9.10. The van der Waals surface area contributed by atoms with Crippen LogP contribution >= 0.6 is 15.9 Å². The zero-order valence-electron chi connectivity index (χ0n) is 12.7. The minimum atomic E-state index is -0.406. The van der Waals surface area contributed by atoms with Crippen molar-refractivity contribution in [1.29, 1.82) is 0 Å². The summed E-state index contributed by atoms with van der Waals surface area (Å²) in [5, 5.41) is 17.1. The number of nitrogens with zero attached hydrogens (tertiary/aromatic N) is 1. The second-order valence-corrected chi connectivity index (χ2v) is 5.78. The summed E-state index contributed by atoms with van der Waals surface area (Å²) in [6, 6.07) is 12.3. The highest BCUT2D eigenvalue weighted by Crippen LogP contribution is 2.22. The van der Waals surface area contributed by atoms with Gasteiger partial charge in [-0.15, -0.1) is 0 Å². The fourth-order valence-corrected chi connectivity index (χ4v) is 2.51. The molecule has 7 heteroatoms. The monoisotopic (exact) mass is 379 g/mol. The van der Waals surface area contributed by atoms with Gasteiger partial charge in [0.2, 0.25) is 0 Å². The van der Waals surface area contributed by atoms with Crippen LogP contribution in [0.15, 0.2) is 46.9 Å². The topological polar surface area (TPSA) is 76.4 Å². The molecule has 0 saturated heterocycles. The standard InChI is InChI=1S/C16H18BrN3O3/c1-23-16-7-2-13(17)10-12(16)11-18-8-9-19-14-3-5-15(6-4-14)20(21)22/h2-7,10,18-19H,8-9,11H2,1H3. The smallest absolute Gasteiger partial charge is 0.269 e. The van der Waals surface area contributed by atoms with Crippen molar-refractivity contribution in [2.75, 3.05) is 25.5 Å². The van der Waals surface area contributed by atoms with Crippen molar-refractivity contribution >= 4 is 27.3 Å². The van der Waals surface area contributed by atoms with Gasteiger partial charge in [0, 0.05) is 47.5 Å². The molecule has 2 N–H and O–H groups in total. The Balaban J connectivity index is 1.75. The van der Waals surface area contributed by atoms with Crippen LogP contribution in [0.1, 0.15) is 5.56 Å². The summed E-state index contributed by atoms with van der Waals surface area (Å²) >= 11 is 3.45. The van der Waals surface area contributed by atoms with Gasteiger partial charge in [0.05, 0.1) is 12.0 Å². The number of nitrogens with one attached hydrogen (secondary N) is 2. The molecular formula is C16H18BrN3O3. The maximum absolute atomic E-state index is 10.6. The molecule has 0 fully saturated rings. The molecule has 0 saturated carbocycles. The summed E-state index contributed by atoms with van der Waals surface area (Å²) in [6.07, 6.45) is 0. The average Bonchev–Trinajstić information content (AvgIpc) is 2.55. The zero-order valence-corrected chi connectivity index (χ0v) is 14.3. The Morgan fingerprint density at radius 3 is 2.57 bits per heavy atom. The Bertz CT molecular complexity index is 662. The van der Waals surface area contributed by atoms with Gasteiger partial charge in [0.1, 0.15) is 5.75 Å². The Morgan fingerprint density at radius 1 is 1.17 bits per heavy atom. The Labute approximate surface area is 143 Å². The molecule has 0 aromatic heterocycles. The summed E-state index contributed by atoms with van der Waals surface area (Å²) in [5.41, 5.74) is 2.03. The molecule has 2 aromatic rings. The lowest BCUT2D eigenvalue weighted by Gasteiger charge is -2.11. The first-order chi connectivity index (χ1) is 11.1. The SMILES string of the molecule is COc1ccc(Br)cc1CNCCNc1ccc([N+](=O)[O-])cc1. The predicted octanol–water partition coefficient (Wildman–Crippen LogP) is 3.57. The molecule has 6 nitrogen and oxygen atoms in total. The van der Waals surface area contributed by atoms with Crippen LogP contribution in [0.2, 0.25) is 0 Å². The van der Waals surface area contributed by atoms with Gasteiger partial charge in [0.25, 0.3) is 5.69 Å². The molecule has 0 spiro atoms. The van der Waals surface area contributed by atoms with Gasteiger partial charge < -0.3 is 15.4 Å². The molecule has 0 heterocycles. The average molecular weight is 380 g/mol. The summed E-state index contributed by atoms with van der Waals surface area (Å²) in [7, 11) is 1.66. The van der Waals surface area contributed by atoms with Crippen molar-refractivity contribution in [2.45, 2.75) is 6.54 Å². The lowest BCUT2D eigenvalue weighted by molar-refractivity contribution is -0.384. The van der Waals surface area contributed by atoms with Gasteiger partial charge in [-0.2, -0.15) is 0 Å². The minimum absolute atomic E-state index is 0.0930. The van der Waals surface area contributed by atoms with Crippen LogP contribution in [0, 0.1) is 10.1 Å². The van der Waals surface area contributed by atoms with E-state index in [1.807, 2.05) is 18.2 Å². The third kappa shape index (κ3) is 5.22. The fourth-order valence-electron chi connectivity index (χ4n) is 2.10. The van der Waals surface area contributed by atoms with E-state index in [0.717, 1.165) is 28.0 Å².